The molecule has 0 radical (unpaired) electrons. The van der Waals surface area contributed by atoms with Crippen LogP contribution >= 0.6 is 23.2 Å². The first-order valence-corrected chi connectivity index (χ1v) is 7.13. The van der Waals surface area contributed by atoms with Crippen LogP contribution in [0.15, 0.2) is 36.4 Å². The zero-order chi connectivity index (χ0) is 15.4. The van der Waals surface area contributed by atoms with Gasteiger partial charge in [-0.15, -0.1) is 0 Å². The van der Waals surface area contributed by atoms with Gasteiger partial charge in [0.1, 0.15) is 0 Å². The van der Waals surface area contributed by atoms with Gasteiger partial charge in [0.15, 0.2) is 0 Å². The third-order valence-electron chi connectivity index (χ3n) is 3.13. The Labute approximate surface area is 133 Å². The molecule has 0 amide bonds. The summed E-state index contributed by atoms with van der Waals surface area (Å²) in [5, 5.41) is 4.34. The molecule has 0 unspecified atom stereocenters. The first-order valence-electron chi connectivity index (χ1n) is 6.38. The number of nitrogens with one attached hydrogen (secondary N) is 1. The highest BCUT2D eigenvalue weighted by molar-refractivity contribution is 6.42. The van der Waals surface area contributed by atoms with Crippen molar-refractivity contribution in [2.45, 2.75) is 13.5 Å². The molecule has 0 bridgehead atoms. The normalized spacial score (nSPS) is 10.3. The van der Waals surface area contributed by atoms with Gasteiger partial charge in [-0.1, -0.05) is 35.3 Å². The second-order valence-electron chi connectivity index (χ2n) is 4.62. The Morgan fingerprint density at radius 3 is 2.57 bits per heavy atom. The number of carbonyl (C=O) groups excluding carboxylic acids is 1. The molecule has 0 fully saturated rings. The first kappa shape index (κ1) is 15.7. The number of rotatable bonds is 4. The van der Waals surface area contributed by atoms with Gasteiger partial charge >= 0.3 is 5.97 Å². The predicted molar refractivity (Wildman–Crippen MR) is 86.3 cm³/mol. The van der Waals surface area contributed by atoms with E-state index in [0.717, 1.165) is 16.8 Å². The Morgan fingerprint density at radius 2 is 1.90 bits per heavy atom. The van der Waals surface area contributed by atoms with Gasteiger partial charge in [0, 0.05) is 12.2 Å². The SMILES string of the molecule is COC(=O)c1ccc(C)c(NCc2ccc(Cl)c(Cl)c2)c1. The van der Waals surface area contributed by atoms with Crippen molar-refractivity contribution < 1.29 is 9.53 Å². The molecule has 0 aliphatic heterocycles. The summed E-state index contributed by atoms with van der Waals surface area (Å²) in [7, 11) is 1.37. The van der Waals surface area contributed by atoms with E-state index in [1.165, 1.54) is 7.11 Å². The molecule has 1 N–H and O–H groups in total. The van der Waals surface area contributed by atoms with Gasteiger partial charge in [-0.2, -0.15) is 0 Å². The quantitative estimate of drug-likeness (QED) is 0.829. The maximum absolute atomic E-state index is 11.6. The molecule has 2 aromatic carbocycles. The molecule has 21 heavy (non-hydrogen) atoms. The minimum absolute atomic E-state index is 0.354. The van der Waals surface area contributed by atoms with Crippen LogP contribution in [0, 0.1) is 6.92 Å². The fourth-order valence-corrected chi connectivity index (χ4v) is 2.22. The molecule has 5 heteroatoms. The largest absolute Gasteiger partial charge is 0.465 e. The van der Waals surface area contributed by atoms with Gasteiger partial charge in [0.2, 0.25) is 0 Å². The summed E-state index contributed by atoms with van der Waals surface area (Å²) in [4.78, 5) is 11.6. The third-order valence-corrected chi connectivity index (χ3v) is 3.86. The molecule has 0 aliphatic rings. The smallest absolute Gasteiger partial charge is 0.337 e. The Kier molecular flexibility index (Phi) is 5.10. The molecule has 0 saturated heterocycles. The van der Waals surface area contributed by atoms with Crippen LogP contribution in [0.4, 0.5) is 5.69 Å². The molecule has 0 aromatic heterocycles. The summed E-state index contributed by atoms with van der Waals surface area (Å²) >= 11 is 11.9. The first-order chi connectivity index (χ1) is 10.0. The highest BCUT2D eigenvalue weighted by Gasteiger charge is 2.08. The fourth-order valence-electron chi connectivity index (χ4n) is 1.90. The Bertz CT molecular complexity index is 671. The summed E-state index contributed by atoms with van der Waals surface area (Å²) in [6.45, 7) is 2.56. The molecule has 2 rings (SSSR count). The molecule has 0 atom stereocenters. The molecule has 0 saturated carbocycles. The van der Waals surface area contributed by atoms with Crippen LogP contribution in [-0.2, 0) is 11.3 Å². The number of benzene rings is 2. The van der Waals surface area contributed by atoms with Crippen molar-refractivity contribution in [3.63, 3.8) is 0 Å². The standard InChI is InChI=1S/C16H15Cl2NO2/c1-10-3-5-12(16(20)21-2)8-15(10)19-9-11-4-6-13(17)14(18)7-11/h3-8,19H,9H2,1-2H3. The highest BCUT2D eigenvalue weighted by atomic mass is 35.5. The molecule has 0 aliphatic carbocycles. The Morgan fingerprint density at radius 1 is 1.14 bits per heavy atom. The van der Waals surface area contributed by atoms with Crippen molar-refractivity contribution in [3.8, 4) is 0 Å². The average molecular weight is 324 g/mol. The van der Waals surface area contributed by atoms with E-state index in [1.807, 2.05) is 25.1 Å². The number of hydrogen-bond acceptors (Lipinski definition) is 3. The van der Waals surface area contributed by atoms with Crippen molar-refractivity contribution in [1.82, 2.24) is 0 Å². The summed E-state index contributed by atoms with van der Waals surface area (Å²) in [6, 6.07) is 10.9. The number of halogens is 2. The van der Waals surface area contributed by atoms with Crippen LogP contribution in [0.1, 0.15) is 21.5 Å². The van der Waals surface area contributed by atoms with Gasteiger partial charge in [0.05, 0.1) is 22.7 Å². The summed E-state index contributed by atoms with van der Waals surface area (Å²) in [5.74, 6) is -0.354. The number of esters is 1. The zero-order valence-electron chi connectivity index (χ0n) is 11.7. The Hall–Kier alpha value is -1.71. The van der Waals surface area contributed by atoms with Crippen LogP contribution in [-0.4, -0.2) is 13.1 Å². The number of aryl methyl sites for hydroxylation is 1. The van der Waals surface area contributed by atoms with Gasteiger partial charge in [-0.25, -0.2) is 4.79 Å². The Balaban J connectivity index is 2.15. The van der Waals surface area contributed by atoms with Crippen molar-refractivity contribution in [2.24, 2.45) is 0 Å². The lowest BCUT2D eigenvalue weighted by Gasteiger charge is -2.11. The summed E-state index contributed by atoms with van der Waals surface area (Å²) in [5.41, 5.74) is 3.44. The van der Waals surface area contributed by atoms with Crippen molar-refractivity contribution in [2.75, 3.05) is 12.4 Å². The highest BCUT2D eigenvalue weighted by Crippen LogP contribution is 2.24. The second kappa shape index (κ2) is 6.83. The van der Waals surface area contributed by atoms with Crippen LogP contribution in [0.3, 0.4) is 0 Å². The van der Waals surface area contributed by atoms with Crippen molar-refractivity contribution >= 4 is 34.9 Å². The van der Waals surface area contributed by atoms with E-state index in [0.29, 0.717) is 22.2 Å². The molecule has 0 spiro atoms. The molecule has 3 nitrogen and oxygen atoms in total. The lowest BCUT2D eigenvalue weighted by atomic mass is 10.1. The van der Waals surface area contributed by atoms with E-state index >= 15 is 0 Å². The summed E-state index contributed by atoms with van der Waals surface area (Å²) in [6.07, 6.45) is 0. The van der Waals surface area contributed by atoms with Gasteiger partial charge in [-0.3, -0.25) is 0 Å². The lowest BCUT2D eigenvalue weighted by Crippen LogP contribution is -2.05. The lowest BCUT2D eigenvalue weighted by molar-refractivity contribution is 0.0601. The van der Waals surface area contributed by atoms with Crippen LogP contribution < -0.4 is 5.32 Å². The van der Waals surface area contributed by atoms with Crippen LogP contribution in [0.5, 0.6) is 0 Å². The third kappa shape index (κ3) is 3.90. The molecule has 110 valence electrons. The zero-order valence-corrected chi connectivity index (χ0v) is 13.3. The monoisotopic (exact) mass is 323 g/mol. The van der Waals surface area contributed by atoms with Gasteiger partial charge in [0.25, 0.3) is 0 Å². The van der Waals surface area contributed by atoms with E-state index in [2.05, 4.69) is 5.32 Å². The topological polar surface area (TPSA) is 38.3 Å². The van der Waals surface area contributed by atoms with Crippen molar-refractivity contribution in [1.29, 1.82) is 0 Å². The predicted octanol–water partition coefficient (Wildman–Crippen LogP) is 4.70. The van der Waals surface area contributed by atoms with Gasteiger partial charge < -0.3 is 10.1 Å². The van der Waals surface area contributed by atoms with Gasteiger partial charge in [-0.05, 0) is 42.3 Å². The molecular formula is C16H15Cl2NO2. The number of methoxy groups -OCH3 is 1. The number of hydrogen-bond donors (Lipinski definition) is 1. The minimum Gasteiger partial charge on any atom is -0.465 e. The van der Waals surface area contributed by atoms with Crippen LogP contribution in [0.2, 0.25) is 10.0 Å². The van der Waals surface area contributed by atoms with E-state index in [4.69, 9.17) is 27.9 Å². The van der Waals surface area contributed by atoms with E-state index < -0.39 is 0 Å². The molecule has 0 heterocycles. The van der Waals surface area contributed by atoms with Crippen molar-refractivity contribution in [3.05, 3.63) is 63.1 Å². The van der Waals surface area contributed by atoms with E-state index in [1.54, 1.807) is 18.2 Å². The molecular weight excluding hydrogens is 309 g/mol. The van der Waals surface area contributed by atoms with E-state index in [-0.39, 0.29) is 5.97 Å². The molecule has 2 aromatic rings. The number of anilines is 1. The number of carbonyl (C=O) groups is 1. The minimum atomic E-state index is -0.354. The van der Waals surface area contributed by atoms with Crippen LogP contribution in [0.25, 0.3) is 0 Å². The average Bonchev–Trinajstić information content (AvgIpc) is 2.49. The summed E-state index contributed by atoms with van der Waals surface area (Å²) < 4.78 is 4.72. The van der Waals surface area contributed by atoms with E-state index in [9.17, 15) is 4.79 Å². The maximum atomic E-state index is 11.6. The maximum Gasteiger partial charge on any atom is 0.337 e. The number of ether oxygens (including phenoxy) is 1. The fraction of sp³-hybridized carbons (Fsp3) is 0.188. The second-order valence-corrected chi connectivity index (χ2v) is 5.44.